The standard InChI is InChI=1S/C24H24F2N4O3/c1-16-23(17(2)30(27-16)21-9-5-19(26)6-10-21)24(32)33-15-22(31)29-13-11-28(12-14-29)20-7-3-18(25)4-8-20/h3-10H,11-15H2,1-2H3. The zero-order valence-corrected chi connectivity index (χ0v) is 18.4. The highest BCUT2D eigenvalue weighted by atomic mass is 19.1. The fourth-order valence-electron chi connectivity index (χ4n) is 3.93. The Hall–Kier alpha value is -3.75. The van der Waals surface area contributed by atoms with E-state index in [0.29, 0.717) is 43.3 Å². The van der Waals surface area contributed by atoms with Gasteiger partial charge in [0.1, 0.15) is 17.2 Å². The highest BCUT2D eigenvalue weighted by Crippen LogP contribution is 2.20. The first-order chi connectivity index (χ1) is 15.8. The lowest BCUT2D eigenvalue weighted by molar-refractivity contribution is -0.134. The topological polar surface area (TPSA) is 67.7 Å². The average molecular weight is 454 g/mol. The van der Waals surface area contributed by atoms with Crippen LogP contribution >= 0.6 is 0 Å². The molecular formula is C24H24F2N4O3. The Morgan fingerprint density at radius 1 is 0.879 bits per heavy atom. The minimum atomic E-state index is -0.628. The van der Waals surface area contributed by atoms with Crippen LogP contribution in [0.2, 0.25) is 0 Å². The lowest BCUT2D eigenvalue weighted by atomic mass is 10.2. The third-order valence-corrected chi connectivity index (χ3v) is 5.72. The molecule has 0 spiro atoms. The van der Waals surface area contributed by atoms with E-state index in [0.717, 1.165) is 5.69 Å². The molecule has 1 aliphatic rings. The van der Waals surface area contributed by atoms with E-state index in [1.807, 2.05) is 0 Å². The van der Waals surface area contributed by atoms with Crippen LogP contribution in [0.3, 0.4) is 0 Å². The third-order valence-electron chi connectivity index (χ3n) is 5.72. The maximum absolute atomic E-state index is 13.2. The summed E-state index contributed by atoms with van der Waals surface area (Å²) >= 11 is 0. The molecule has 9 heteroatoms. The molecule has 1 amide bonds. The molecule has 172 valence electrons. The van der Waals surface area contributed by atoms with Gasteiger partial charge in [0.25, 0.3) is 5.91 Å². The second-order valence-corrected chi connectivity index (χ2v) is 7.85. The minimum absolute atomic E-state index is 0.275. The van der Waals surface area contributed by atoms with E-state index in [1.165, 1.54) is 24.3 Å². The fourth-order valence-corrected chi connectivity index (χ4v) is 3.93. The first-order valence-electron chi connectivity index (χ1n) is 10.6. The summed E-state index contributed by atoms with van der Waals surface area (Å²) in [5, 5.41) is 4.36. The molecular weight excluding hydrogens is 430 g/mol. The van der Waals surface area contributed by atoms with Crippen LogP contribution in [0.1, 0.15) is 21.7 Å². The maximum atomic E-state index is 13.2. The predicted molar refractivity (Wildman–Crippen MR) is 118 cm³/mol. The summed E-state index contributed by atoms with van der Waals surface area (Å²) in [5.74, 6) is -1.56. The second-order valence-electron chi connectivity index (χ2n) is 7.85. The lowest BCUT2D eigenvalue weighted by Gasteiger charge is -2.36. The normalized spacial score (nSPS) is 13.8. The summed E-state index contributed by atoms with van der Waals surface area (Å²) in [5.41, 5.74) is 2.81. The molecule has 7 nitrogen and oxygen atoms in total. The van der Waals surface area contributed by atoms with Crippen molar-refractivity contribution in [3.8, 4) is 5.69 Å². The van der Waals surface area contributed by atoms with Crippen LogP contribution in [0.4, 0.5) is 14.5 Å². The lowest BCUT2D eigenvalue weighted by Crippen LogP contribution is -2.49. The van der Waals surface area contributed by atoms with Crippen molar-refractivity contribution in [1.82, 2.24) is 14.7 Å². The SMILES string of the molecule is Cc1nn(-c2ccc(F)cc2)c(C)c1C(=O)OCC(=O)N1CCN(c2ccc(F)cc2)CC1. The van der Waals surface area contributed by atoms with Gasteiger partial charge in [-0.05, 0) is 62.4 Å². The van der Waals surface area contributed by atoms with Crippen LogP contribution in [0.25, 0.3) is 5.69 Å². The molecule has 1 aromatic heterocycles. The van der Waals surface area contributed by atoms with E-state index in [1.54, 1.807) is 47.7 Å². The van der Waals surface area contributed by atoms with Gasteiger partial charge in [0.15, 0.2) is 6.61 Å². The highest BCUT2D eigenvalue weighted by molar-refractivity contribution is 5.93. The summed E-state index contributed by atoms with van der Waals surface area (Å²) in [6.45, 7) is 5.21. The van der Waals surface area contributed by atoms with Crippen molar-refractivity contribution in [3.63, 3.8) is 0 Å². The molecule has 0 bridgehead atoms. The number of rotatable bonds is 5. The van der Waals surface area contributed by atoms with Crippen LogP contribution in [0.5, 0.6) is 0 Å². The van der Waals surface area contributed by atoms with E-state index < -0.39 is 5.97 Å². The van der Waals surface area contributed by atoms with Gasteiger partial charge in [-0.3, -0.25) is 4.79 Å². The van der Waals surface area contributed by atoms with Gasteiger partial charge >= 0.3 is 5.97 Å². The molecule has 1 saturated heterocycles. The number of nitrogens with zero attached hydrogens (tertiary/aromatic N) is 4. The van der Waals surface area contributed by atoms with E-state index in [2.05, 4.69) is 10.00 Å². The molecule has 0 radical (unpaired) electrons. The summed E-state index contributed by atoms with van der Waals surface area (Å²) in [6.07, 6.45) is 0. The highest BCUT2D eigenvalue weighted by Gasteiger charge is 2.25. The molecule has 1 fully saturated rings. The molecule has 0 saturated carbocycles. The number of hydrogen-bond acceptors (Lipinski definition) is 5. The quantitative estimate of drug-likeness (QED) is 0.554. The fraction of sp³-hybridized carbons (Fsp3) is 0.292. The van der Waals surface area contributed by atoms with Gasteiger partial charge in [-0.2, -0.15) is 5.10 Å². The number of benzene rings is 2. The van der Waals surface area contributed by atoms with Crippen molar-refractivity contribution in [1.29, 1.82) is 0 Å². The van der Waals surface area contributed by atoms with Crippen molar-refractivity contribution in [2.45, 2.75) is 13.8 Å². The summed E-state index contributed by atoms with van der Waals surface area (Å²) < 4.78 is 33.2. The summed E-state index contributed by atoms with van der Waals surface area (Å²) in [6, 6.07) is 12.0. The van der Waals surface area contributed by atoms with Gasteiger partial charge in [-0.25, -0.2) is 18.3 Å². The van der Waals surface area contributed by atoms with Crippen molar-refractivity contribution in [3.05, 3.63) is 77.1 Å². The predicted octanol–water partition coefficient (Wildman–Crippen LogP) is 3.27. The van der Waals surface area contributed by atoms with Crippen molar-refractivity contribution in [2.75, 3.05) is 37.7 Å². The van der Waals surface area contributed by atoms with Gasteiger partial charge in [0.05, 0.1) is 17.1 Å². The zero-order valence-electron chi connectivity index (χ0n) is 18.4. The number of anilines is 1. The van der Waals surface area contributed by atoms with Crippen LogP contribution in [0.15, 0.2) is 48.5 Å². The van der Waals surface area contributed by atoms with Gasteiger partial charge in [-0.15, -0.1) is 0 Å². The number of aromatic nitrogens is 2. The molecule has 0 N–H and O–H groups in total. The number of halogens is 2. The molecule has 4 rings (SSSR count). The number of carbonyl (C=O) groups excluding carboxylic acids is 2. The average Bonchev–Trinajstić information content (AvgIpc) is 3.12. The molecule has 2 aromatic carbocycles. The molecule has 0 unspecified atom stereocenters. The number of amides is 1. The number of ether oxygens (including phenoxy) is 1. The molecule has 1 aliphatic heterocycles. The Balaban J connectivity index is 1.34. The Bertz CT molecular complexity index is 1150. The van der Waals surface area contributed by atoms with Crippen molar-refractivity contribution >= 4 is 17.6 Å². The summed E-state index contributed by atoms with van der Waals surface area (Å²) in [7, 11) is 0. The first-order valence-corrected chi connectivity index (χ1v) is 10.6. The van der Waals surface area contributed by atoms with Crippen LogP contribution in [0, 0.1) is 25.5 Å². The number of hydrogen-bond donors (Lipinski definition) is 0. The van der Waals surface area contributed by atoms with Gasteiger partial charge in [-0.1, -0.05) is 0 Å². The number of aryl methyl sites for hydroxylation is 1. The van der Waals surface area contributed by atoms with Crippen molar-refractivity contribution in [2.24, 2.45) is 0 Å². The van der Waals surface area contributed by atoms with Gasteiger partial charge in [0.2, 0.25) is 0 Å². The van der Waals surface area contributed by atoms with Gasteiger partial charge in [0, 0.05) is 31.9 Å². The zero-order chi connectivity index (χ0) is 23.5. The Kier molecular flexibility index (Phi) is 6.39. The van der Waals surface area contributed by atoms with Crippen LogP contribution in [-0.2, 0) is 9.53 Å². The summed E-state index contributed by atoms with van der Waals surface area (Å²) in [4.78, 5) is 29.0. The molecule has 33 heavy (non-hydrogen) atoms. The molecule has 0 atom stereocenters. The van der Waals surface area contributed by atoms with Crippen molar-refractivity contribution < 1.29 is 23.1 Å². The Morgan fingerprint density at radius 2 is 1.42 bits per heavy atom. The number of piperazine rings is 1. The first kappa shape index (κ1) is 22.4. The molecule has 0 aliphatic carbocycles. The molecule has 2 heterocycles. The third kappa shape index (κ3) is 4.87. The Morgan fingerprint density at radius 3 is 2.00 bits per heavy atom. The van der Waals surface area contributed by atoms with Gasteiger partial charge < -0.3 is 14.5 Å². The maximum Gasteiger partial charge on any atom is 0.342 e. The van der Waals surface area contributed by atoms with Crippen LogP contribution < -0.4 is 4.90 Å². The monoisotopic (exact) mass is 454 g/mol. The van der Waals surface area contributed by atoms with E-state index in [9.17, 15) is 18.4 Å². The minimum Gasteiger partial charge on any atom is -0.452 e. The smallest absolute Gasteiger partial charge is 0.342 e. The van der Waals surface area contributed by atoms with Crippen LogP contribution in [-0.4, -0.2) is 59.3 Å². The number of carbonyl (C=O) groups is 2. The van der Waals surface area contributed by atoms with E-state index in [-0.39, 0.29) is 29.7 Å². The van der Waals surface area contributed by atoms with E-state index >= 15 is 0 Å². The Labute approximate surface area is 190 Å². The number of esters is 1. The molecule has 3 aromatic rings. The van der Waals surface area contributed by atoms with E-state index in [4.69, 9.17) is 4.74 Å². The largest absolute Gasteiger partial charge is 0.452 e. The second kappa shape index (κ2) is 9.40.